The van der Waals surface area contributed by atoms with Gasteiger partial charge in [-0.25, -0.2) is 4.79 Å². The van der Waals surface area contributed by atoms with E-state index < -0.39 is 5.60 Å². The lowest BCUT2D eigenvalue weighted by atomic mass is 9.99. The third-order valence-electron chi connectivity index (χ3n) is 4.01. The number of hydrogen-bond acceptors (Lipinski definition) is 4. The van der Waals surface area contributed by atoms with Crippen LogP contribution in [0, 0.1) is 0 Å². The van der Waals surface area contributed by atoms with Crippen LogP contribution in [0.15, 0.2) is 22.8 Å². The summed E-state index contributed by atoms with van der Waals surface area (Å²) in [4.78, 5) is 14.3. The van der Waals surface area contributed by atoms with E-state index in [0.717, 1.165) is 18.7 Å². The minimum absolute atomic E-state index is 0.223. The molecule has 1 N–H and O–H groups in total. The molecule has 0 saturated carbocycles. The lowest BCUT2D eigenvalue weighted by Crippen LogP contribution is -2.48. The van der Waals surface area contributed by atoms with Gasteiger partial charge in [-0.1, -0.05) is 6.42 Å². The van der Waals surface area contributed by atoms with E-state index in [0.29, 0.717) is 12.6 Å². The van der Waals surface area contributed by atoms with Crippen LogP contribution in [0.25, 0.3) is 0 Å². The van der Waals surface area contributed by atoms with Crippen LogP contribution in [0.1, 0.15) is 58.8 Å². The predicted molar refractivity (Wildman–Crippen MR) is 85.7 cm³/mol. The Morgan fingerprint density at radius 3 is 2.91 bits per heavy atom. The van der Waals surface area contributed by atoms with Crippen molar-refractivity contribution in [3.63, 3.8) is 0 Å². The highest BCUT2D eigenvalue weighted by atomic mass is 16.6. The third-order valence-corrected chi connectivity index (χ3v) is 4.01. The molecule has 2 atom stereocenters. The molecule has 1 aliphatic rings. The summed E-state index contributed by atoms with van der Waals surface area (Å²) in [5, 5.41) is 2.91. The number of amides is 1. The Morgan fingerprint density at radius 2 is 2.27 bits per heavy atom. The zero-order chi connectivity index (χ0) is 16.2. The summed E-state index contributed by atoms with van der Waals surface area (Å²) in [5.41, 5.74) is -0.461. The maximum absolute atomic E-state index is 11.8. The molecule has 1 aromatic heterocycles. The number of likely N-dealkylation sites (tertiary alicyclic amines) is 1. The average Bonchev–Trinajstić information content (AvgIpc) is 2.97. The van der Waals surface area contributed by atoms with Gasteiger partial charge in [0.1, 0.15) is 11.4 Å². The van der Waals surface area contributed by atoms with Crippen LogP contribution in [-0.4, -0.2) is 35.7 Å². The number of rotatable bonds is 4. The van der Waals surface area contributed by atoms with Gasteiger partial charge in [0.05, 0.1) is 12.3 Å². The first kappa shape index (κ1) is 16.9. The molecule has 0 unspecified atom stereocenters. The molecular weight excluding hydrogens is 280 g/mol. The number of alkyl carbamates (subject to hydrolysis) is 1. The summed E-state index contributed by atoms with van der Waals surface area (Å²) in [6.45, 7) is 9.42. The molecule has 1 aromatic rings. The summed E-state index contributed by atoms with van der Waals surface area (Å²) >= 11 is 0. The van der Waals surface area contributed by atoms with Crippen LogP contribution < -0.4 is 5.32 Å². The van der Waals surface area contributed by atoms with E-state index >= 15 is 0 Å². The molecule has 0 spiro atoms. The van der Waals surface area contributed by atoms with Gasteiger partial charge in [-0.15, -0.1) is 0 Å². The second kappa shape index (κ2) is 7.18. The first-order valence-electron chi connectivity index (χ1n) is 8.13. The maximum Gasteiger partial charge on any atom is 0.407 e. The summed E-state index contributed by atoms with van der Waals surface area (Å²) in [6.07, 6.45) is 4.84. The van der Waals surface area contributed by atoms with Gasteiger partial charge >= 0.3 is 6.09 Å². The summed E-state index contributed by atoms with van der Waals surface area (Å²) in [7, 11) is 0. The lowest BCUT2D eigenvalue weighted by molar-refractivity contribution is 0.0462. The van der Waals surface area contributed by atoms with Crippen molar-refractivity contribution in [3.05, 3.63) is 24.2 Å². The minimum atomic E-state index is -0.461. The van der Waals surface area contributed by atoms with E-state index in [-0.39, 0.29) is 12.1 Å². The van der Waals surface area contributed by atoms with Gasteiger partial charge in [-0.05, 0) is 59.2 Å². The van der Waals surface area contributed by atoms with Crippen LogP contribution in [0.4, 0.5) is 4.79 Å². The number of ether oxygens (including phenoxy) is 1. The Morgan fingerprint density at radius 1 is 1.50 bits per heavy atom. The van der Waals surface area contributed by atoms with Crippen LogP contribution in [0.5, 0.6) is 0 Å². The second-order valence-electron chi connectivity index (χ2n) is 6.96. The number of nitrogens with zero attached hydrogens (tertiary/aromatic N) is 1. The number of carbonyl (C=O) groups excluding carboxylic acids is 1. The molecule has 0 radical (unpaired) electrons. The van der Waals surface area contributed by atoms with Crippen molar-refractivity contribution in [3.8, 4) is 0 Å². The van der Waals surface area contributed by atoms with Crippen LogP contribution in [0.3, 0.4) is 0 Å². The Labute approximate surface area is 133 Å². The second-order valence-corrected chi connectivity index (χ2v) is 6.96. The zero-order valence-corrected chi connectivity index (χ0v) is 14.1. The molecular formula is C17H28N2O3. The van der Waals surface area contributed by atoms with Gasteiger partial charge in [0.25, 0.3) is 0 Å². The Bertz CT molecular complexity index is 465. The molecule has 5 nitrogen and oxygen atoms in total. The highest BCUT2D eigenvalue weighted by Gasteiger charge is 2.29. The van der Waals surface area contributed by atoms with E-state index in [2.05, 4.69) is 17.1 Å². The summed E-state index contributed by atoms with van der Waals surface area (Å²) < 4.78 is 10.8. The molecule has 1 amide bonds. The molecule has 0 bridgehead atoms. The highest BCUT2D eigenvalue weighted by molar-refractivity contribution is 5.67. The van der Waals surface area contributed by atoms with E-state index in [1.54, 1.807) is 6.26 Å². The average molecular weight is 308 g/mol. The van der Waals surface area contributed by atoms with Crippen molar-refractivity contribution < 1.29 is 13.9 Å². The van der Waals surface area contributed by atoms with Crippen LogP contribution >= 0.6 is 0 Å². The SMILES string of the molecule is C[C@H](c1ccco1)N1CCCC[C@@H]1CNC(=O)OC(C)(C)C. The molecule has 22 heavy (non-hydrogen) atoms. The fourth-order valence-corrected chi connectivity index (χ4v) is 2.96. The largest absolute Gasteiger partial charge is 0.468 e. The maximum atomic E-state index is 11.8. The molecule has 0 aliphatic carbocycles. The van der Waals surface area contributed by atoms with Crippen molar-refractivity contribution >= 4 is 6.09 Å². The van der Waals surface area contributed by atoms with Crippen LogP contribution in [-0.2, 0) is 4.74 Å². The Hall–Kier alpha value is -1.49. The first-order chi connectivity index (χ1) is 10.4. The number of nitrogens with one attached hydrogen (secondary N) is 1. The van der Waals surface area contributed by atoms with Crippen molar-refractivity contribution in [2.45, 2.75) is 64.6 Å². The molecule has 5 heteroatoms. The quantitative estimate of drug-likeness (QED) is 0.921. The van der Waals surface area contributed by atoms with Gasteiger partial charge in [-0.2, -0.15) is 0 Å². The normalized spacial score (nSPS) is 21.4. The molecule has 1 aliphatic heterocycles. The van der Waals surface area contributed by atoms with Crippen molar-refractivity contribution in [1.29, 1.82) is 0 Å². The van der Waals surface area contributed by atoms with Crippen molar-refractivity contribution in [2.75, 3.05) is 13.1 Å². The Kier molecular flexibility index (Phi) is 5.51. The van der Waals surface area contributed by atoms with Gasteiger partial charge in [0.15, 0.2) is 0 Å². The zero-order valence-electron chi connectivity index (χ0n) is 14.1. The predicted octanol–water partition coefficient (Wildman–Crippen LogP) is 3.72. The summed E-state index contributed by atoms with van der Waals surface area (Å²) in [5.74, 6) is 0.976. The molecule has 1 fully saturated rings. The monoisotopic (exact) mass is 308 g/mol. The smallest absolute Gasteiger partial charge is 0.407 e. The number of piperidine rings is 1. The molecule has 1 saturated heterocycles. The topological polar surface area (TPSA) is 54.7 Å². The lowest BCUT2D eigenvalue weighted by Gasteiger charge is -2.39. The van der Waals surface area contributed by atoms with E-state index in [9.17, 15) is 4.79 Å². The first-order valence-corrected chi connectivity index (χ1v) is 8.13. The van der Waals surface area contributed by atoms with E-state index in [4.69, 9.17) is 9.15 Å². The number of carbonyl (C=O) groups is 1. The molecule has 124 valence electrons. The highest BCUT2D eigenvalue weighted by Crippen LogP contribution is 2.28. The van der Waals surface area contributed by atoms with Gasteiger partial charge in [0.2, 0.25) is 0 Å². The van der Waals surface area contributed by atoms with E-state index in [1.807, 2.05) is 32.9 Å². The number of furan rings is 1. The van der Waals surface area contributed by atoms with E-state index in [1.165, 1.54) is 12.8 Å². The van der Waals surface area contributed by atoms with Gasteiger partial charge in [-0.3, -0.25) is 4.90 Å². The van der Waals surface area contributed by atoms with Crippen molar-refractivity contribution in [1.82, 2.24) is 10.2 Å². The van der Waals surface area contributed by atoms with Crippen LogP contribution in [0.2, 0.25) is 0 Å². The Balaban J connectivity index is 1.91. The van der Waals surface area contributed by atoms with Crippen molar-refractivity contribution in [2.24, 2.45) is 0 Å². The molecule has 2 heterocycles. The van der Waals surface area contributed by atoms with Gasteiger partial charge in [0, 0.05) is 12.6 Å². The fraction of sp³-hybridized carbons (Fsp3) is 0.706. The van der Waals surface area contributed by atoms with Gasteiger partial charge < -0.3 is 14.5 Å². The third kappa shape index (κ3) is 4.77. The standard InChI is InChI=1S/C17H28N2O3/c1-13(15-9-7-11-21-15)19-10-6-5-8-14(19)12-18-16(20)22-17(2,3)4/h7,9,11,13-14H,5-6,8,10,12H2,1-4H3,(H,18,20)/t13-,14-/m1/s1. The molecule has 0 aromatic carbocycles. The fourth-order valence-electron chi connectivity index (χ4n) is 2.96. The molecule has 2 rings (SSSR count). The summed E-state index contributed by atoms with van der Waals surface area (Å²) in [6, 6.07) is 4.48. The number of hydrogen-bond donors (Lipinski definition) is 1. The minimum Gasteiger partial charge on any atom is -0.468 e.